The van der Waals surface area contributed by atoms with Crippen molar-refractivity contribution in [2.75, 3.05) is 12.8 Å². The van der Waals surface area contributed by atoms with E-state index in [0.717, 1.165) is 13.2 Å². The first-order chi connectivity index (χ1) is 6.97. The topological polar surface area (TPSA) is 85.2 Å². The fraction of sp³-hybridized carbons (Fsp3) is 0.250. The van der Waals surface area contributed by atoms with Gasteiger partial charge in [-0.05, 0) is 6.07 Å². The summed E-state index contributed by atoms with van der Waals surface area (Å²) >= 11 is 0. The van der Waals surface area contributed by atoms with Crippen LogP contribution in [0.25, 0.3) is 0 Å². The molecule has 0 saturated carbocycles. The van der Waals surface area contributed by atoms with Gasteiger partial charge in [-0.1, -0.05) is 0 Å². The van der Waals surface area contributed by atoms with Crippen LogP contribution in [-0.4, -0.2) is 18.1 Å². The van der Waals surface area contributed by atoms with Crippen molar-refractivity contribution in [2.45, 2.75) is 6.43 Å². The molecule has 1 rings (SSSR count). The summed E-state index contributed by atoms with van der Waals surface area (Å²) in [5.41, 5.74) is 2.55. The van der Waals surface area contributed by atoms with Crippen molar-refractivity contribution in [3.63, 3.8) is 0 Å². The number of esters is 1. The maximum absolute atomic E-state index is 12.4. The van der Waals surface area contributed by atoms with Crippen LogP contribution in [0.5, 0.6) is 0 Å². The van der Waals surface area contributed by atoms with E-state index in [1.165, 1.54) is 0 Å². The number of carbonyl (C=O) groups excluding carboxylic acids is 1. The lowest BCUT2D eigenvalue weighted by molar-refractivity contribution is 0.0593. The van der Waals surface area contributed by atoms with E-state index < -0.39 is 29.2 Å². The van der Waals surface area contributed by atoms with Crippen LogP contribution in [0.1, 0.15) is 22.5 Å². The highest BCUT2D eigenvalue weighted by molar-refractivity contribution is 5.87. The van der Waals surface area contributed by atoms with Crippen LogP contribution in [0.4, 0.5) is 14.5 Å². The Morgan fingerprint density at radius 2 is 2.20 bits per heavy atom. The molecule has 0 atom stereocenters. The van der Waals surface area contributed by atoms with E-state index in [1.807, 2.05) is 4.98 Å². The number of rotatable bonds is 2. The van der Waals surface area contributed by atoms with E-state index in [0.29, 0.717) is 0 Å². The normalized spacial score (nSPS) is 10.4. The van der Waals surface area contributed by atoms with E-state index in [4.69, 9.17) is 5.73 Å². The quantitative estimate of drug-likeness (QED) is 0.715. The van der Waals surface area contributed by atoms with Gasteiger partial charge < -0.3 is 15.5 Å². The third-order valence-corrected chi connectivity index (χ3v) is 1.74. The van der Waals surface area contributed by atoms with Gasteiger partial charge in [0.2, 0.25) is 0 Å². The lowest BCUT2D eigenvalue weighted by Gasteiger charge is -2.05. The summed E-state index contributed by atoms with van der Waals surface area (Å²) in [4.78, 5) is 24.1. The third-order valence-electron chi connectivity index (χ3n) is 1.74. The van der Waals surface area contributed by atoms with Crippen molar-refractivity contribution < 1.29 is 18.3 Å². The zero-order valence-corrected chi connectivity index (χ0v) is 7.71. The Kier molecular flexibility index (Phi) is 3.03. The minimum atomic E-state index is -2.92. The summed E-state index contributed by atoms with van der Waals surface area (Å²) < 4.78 is 29.0. The molecule has 0 aliphatic heterocycles. The van der Waals surface area contributed by atoms with Crippen LogP contribution in [0, 0.1) is 0 Å². The standard InChI is InChI=1S/C8H8F2N2O3/c1-15-8(14)4-2-3(6(9)10)5(11)7(13)12-4/h2,6H,11H2,1H3,(H,12,13). The van der Waals surface area contributed by atoms with Gasteiger partial charge in [0.05, 0.1) is 7.11 Å². The molecule has 0 radical (unpaired) electrons. The molecule has 7 heteroatoms. The van der Waals surface area contributed by atoms with Crippen molar-refractivity contribution in [3.8, 4) is 0 Å². The van der Waals surface area contributed by atoms with E-state index in [9.17, 15) is 18.4 Å². The van der Waals surface area contributed by atoms with Crippen LogP contribution in [0.3, 0.4) is 0 Å². The first-order valence-corrected chi connectivity index (χ1v) is 3.86. The fourth-order valence-electron chi connectivity index (χ4n) is 0.991. The SMILES string of the molecule is COC(=O)c1cc(C(F)F)c(N)c(=O)[nH]1. The predicted molar refractivity (Wildman–Crippen MR) is 47.8 cm³/mol. The molecule has 0 unspecified atom stereocenters. The molecule has 0 aliphatic carbocycles. The summed E-state index contributed by atoms with van der Waals surface area (Å²) in [6.07, 6.45) is -2.92. The lowest BCUT2D eigenvalue weighted by Crippen LogP contribution is -2.19. The van der Waals surface area contributed by atoms with Gasteiger partial charge in [0.1, 0.15) is 11.4 Å². The van der Waals surface area contributed by atoms with Crippen molar-refractivity contribution in [1.82, 2.24) is 4.98 Å². The van der Waals surface area contributed by atoms with Gasteiger partial charge in [0.15, 0.2) is 0 Å². The van der Waals surface area contributed by atoms with Crippen LogP contribution in [-0.2, 0) is 4.74 Å². The Balaban J connectivity index is 3.36. The van der Waals surface area contributed by atoms with Crippen LogP contribution in [0.2, 0.25) is 0 Å². The molecule has 0 aliphatic rings. The third kappa shape index (κ3) is 2.12. The number of H-pyrrole nitrogens is 1. The molecule has 0 bridgehead atoms. The minimum Gasteiger partial charge on any atom is -0.464 e. The average molecular weight is 218 g/mol. The van der Waals surface area contributed by atoms with E-state index in [-0.39, 0.29) is 5.69 Å². The van der Waals surface area contributed by atoms with Gasteiger partial charge in [-0.15, -0.1) is 0 Å². The highest BCUT2D eigenvalue weighted by Gasteiger charge is 2.18. The predicted octanol–water partition coefficient (Wildman–Crippen LogP) is 0.681. The Hall–Kier alpha value is -1.92. The zero-order chi connectivity index (χ0) is 11.6. The molecule has 0 aromatic carbocycles. The number of anilines is 1. The molecule has 15 heavy (non-hydrogen) atoms. The van der Waals surface area contributed by atoms with Gasteiger partial charge in [-0.25, -0.2) is 13.6 Å². The molecule has 0 spiro atoms. The number of methoxy groups -OCH3 is 1. The molecule has 1 aromatic rings. The number of hydrogen-bond acceptors (Lipinski definition) is 4. The number of hydrogen-bond donors (Lipinski definition) is 2. The molecule has 0 saturated heterocycles. The van der Waals surface area contributed by atoms with Crippen LogP contribution in [0.15, 0.2) is 10.9 Å². The molecule has 82 valence electrons. The molecule has 3 N–H and O–H groups in total. The van der Waals surface area contributed by atoms with Gasteiger partial charge in [-0.2, -0.15) is 0 Å². The van der Waals surface area contributed by atoms with Crippen molar-refractivity contribution in [3.05, 3.63) is 27.7 Å². The van der Waals surface area contributed by atoms with Crippen molar-refractivity contribution >= 4 is 11.7 Å². The molecular formula is C8H8F2N2O3. The van der Waals surface area contributed by atoms with Gasteiger partial charge in [0.25, 0.3) is 12.0 Å². The zero-order valence-electron chi connectivity index (χ0n) is 7.71. The first kappa shape index (κ1) is 11.2. The Morgan fingerprint density at radius 3 is 2.67 bits per heavy atom. The molecule has 5 nitrogen and oxygen atoms in total. The number of aromatic nitrogens is 1. The van der Waals surface area contributed by atoms with E-state index in [2.05, 4.69) is 4.74 Å². The number of nitrogens with two attached hydrogens (primary N) is 1. The van der Waals surface area contributed by atoms with Gasteiger partial charge in [0, 0.05) is 5.56 Å². The van der Waals surface area contributed by atoms with E-state index >= 15 is 0 Å². The van der Waals surface area contributed by atoms with Crippen molar-refractivity contribution in [1.29, 1.82) is 0 Å². The maximum Gasteiger partial charge on any atom is 0.354 e. The Morgan fingerprint density at radius 1 is 1.60 bits per heavy atom. The smallest absolute Gasteiger partial charge is 0.354 e. The number of nitrogen functional groups attached to an aromatic ring is 1. The van der Waals surface area contributed by atoms with Gasteiger partial charge >= 0.3 is 5.97 Å². The van der Waals surface area contributed by atoms with Crippen LogP contribution < -0.4 is 11.3 Å². The monoisotopic (exact) mass is 218 g/mol. The summed E-state index contributed by atoms with van der Waals surface area (Å²) in [6.45, 7) is 0. The second kappa shape index (κ2) is 4.07. The van der Waals surface area contributed by atoms with E-state index in [1.54, 1.807) is 0 Å². The second-order valence-electron chi connectivity index (χ2n) is 2.67. The Bertz CT molecular complexity index is 442. The maximum atomic E-state index is 12.4. The number of carbonyl (C=O) groups is 1. The number of nitrogens with one attached hydrogen (secondary N) is 1. The molecule has 0 amide bonds. The first-order valence-electron chi connectivity index (χ1n) is 3.86. The number of alkyl halides is 2. The highest BCUT2D eigenvalue weighted by atomic mass is 19.3. The van der Waals surface area contributed by atoms with Gasteiger partial charge in [-0.3, -0.25) is 4.79 Å². The second-order valence-corrected chi connectivity index (χ2v) is 2.67. The van der Waals surface area contributed by atoms with Crippen molar-refractivity contribution in [2.24, 2.45) is 0 Å². The molecule has 1 heterocycles. The fourth-order valence-corrected chi connectivity index (χ4v) is 0.991. The summed E-state index contributed by atoms with van der Waals surface area (Å²) in [6, 6.07) is 0.799. The van der Waals surface area contributed by atoms with Crippen LogP contribution >= 0.6 is 0 Å². The largest absolute Gasteiger partial charge is 0.464 e. The minimum absolute atomic E-state index is 0.355. The lowest BCUT2D eigenvalue weighted by atomic mass is 10.2. The highest BCUT2D eigenvalue weighted by Crippen LogP contribution is 2.22. The number of aromatic amines is 1. The molecule has 1 aromatic heterocycles. The number of pyridine rings is 1. The number of halogens is 2. The average Bonchev–Trinajstić information content (AvgIpc) is 2.20. The molecule has 0 fully saturated rings. The Labute approximate surface area is 82.9 Å². The molecular weight excluding hydrogens is 210 g/mol. The summed E-state index contributed by atoms with van der Waals surface area (Å²) in [5, 5.41) is 0. The number of ether oxygens (including phenoxy) is 1. The summed E-state index contributed by atoms with van der Waals surface area (Å²) in [7, 11) is 1.07. The summed E-state index contributed by atoms with van der Waals surface area (Å²) in [5.74, 6) is -0.908.